The Morgan fingerprint density at radius 2 is 1.63 bits per heavy atom. The summed E-state index contributed by atoms with van der Waals surface area (Å²) < 4.78 is 5.70. The van der Waals surface area contributed by atoms with Gasteiger partial charge >= 0.3 is 0 Å². The highest BCUT2D eigenvalue weighted by atomic mass is 35.5. The highest BCUT2D eigenvalue weighted by Crippen LogP contribution is 2.39. The number of ketones is 1. The minimum absolute atomic E-state index is 0.0513. The lowest BCUT2D eigenvalue weighted by Gasteiger charge is -2.30. The van der Waals surface area contributed by atoms with Crippen molar-refractivity contribution in [2.24, 2.45) is 17.8 Å². The molecular formula is C30H24ClN3O7. The number of hydrazine groups is 1. The normalized spacial score (nSPS) is 19.6. The molecule has 5 rings (SSSR count). The number of Topliss-reactive ketones (excluding diaryl/α,β-unsaturated/α-hetero) is 1. The quantitative estimate of drug-likeness (QED) is 0.115. The maximum absolute atomic E-state index is 13.7. The van der Waals surface area contributed by atoms with Crippen molar-refractivity contribution < 1.29 is 28.8 Å². The maximum atomic E-state index is 13.7. The molecule has 3 atom stereocenters. The molecule has 0 N–H and O–H groups in total. The van der Waals surface area contributed by atoms with Crippen molar-refractivity contribution in [3.8, 4) is 11.5 Å². The number of rotatable bonds is 8. The topological polar surface area (TPSA) is 127 Å². The summed E-state index contributed by atoms with van der Waals surface area (Å²) in [4.78, 5) is 64.3. The molecule has 1 fully saturated rings. The van der Waals surface area contributed by atoms with Crippen LogP contribution in [0.4, 0.5) is 5.69 Å². The number of carbonyl (C=O) groups excluding carboxylic acids is 4. The second kappa shape index (κ2) is 11.3. The largest absolute Gasteiger partial charge is 0.457 e. The van der Waals surface area contributed by atoms with Crippen molar-refractivity contribution in [3.05, 3.63) is 111 Å². The van der Waals surface area contributed by atoms with Crippen LogP contribution in [0.15, 0.2) is 84.9 Å². The van der Waals surface area contributed by atoms with Gasteiger partial charge in [0.1, 0.15) is 18.0 Å². The molecular weight excluding hydrogens is 550 g/mol. The molecule has 10 nitrogen and oxygen atoms in total. The van der Waals surface area contributed by atoms with E-state index in [0.717, 1.165) is 10.0 Å². The average molecular weight is 574 g/mol. The Hall–Kier alpha value is -4.83. The molecule has 208 valence electrons. The maximum Gasteiger partial charge on any atom is 0.274 e. The molecule has 11 heteroatoms. The van der Waals surface area contributed by atoms with Crippen molar-refractivity contribution in [2.45, 2.75) is 13.3 Å². The molecule has 3 aromatic rings. The van der Waals surface area contributed by atoms with E-state index in [2.05, 4.69) is 0 Å². The molecule has 0 spiro atoms. The van der Waals surface area contributed by atoms with Gasteiger partial charge in [-0.3, -0.25) is 29.3 Å². The fraction of sp³-hybridized carbons (Fsp3) is 0.200. The number of fused-ring (bicyclic) bond motifs is 1. The van der Waals surface area contributed by atoms with E-state index in [1.54, 1.807) is 12.1 Å². The second-order valence-corrected chi connectivity index (χ2v) is 10.2. The van der Waals surface area contributed by atoms with E-state index < -0.39 is 46.8 Å². The Morgan fingerprint density at radius 3 is 2.24 bits per heavy atom. The number of non-ortho nitro benzene ring substituents is 1. The molecule has 2 aliphatic rings. The molecule has 1 aliphatic heterocycles. The van der Waals surface area contributed by atoms with E-state index in [0.29, 0.717) is 17.9 Å². The molecule has 0 saturated carbocycles. The fourth-order valence-electron chi connectivity index (χ4n) is 5.08. The Labute approximate surface area is 239 Å². The third-order valence-electron chi connectivity index (χ3n) is 7.18. The highest BCUT2D eigenvalue weighted by molar-refractivity contribution is 6.34. The number of nitrogens with zero attached hydrogens (tertiary/aromatic N) is 3. The summed E-state index contributed by atoms with van der Waals surface area (Å²) in [6.45, 7) is 1.26. The Kier molecular flexibility index (Phi) is 7.67. The smallest absolute Gasteiger partial charge is 0.274 e. The lowest BCUT2D eigenvalue weighted by molar-refractivity contribution is -0.384. The van der Waals surface area contributed by atoms with Crippen molar-refractivity contribution >= 4 is 40.8 Å². The van der Waals surface area contributed by atoms with Crippen LogP contribution in [0.25, 0.3) is 0 Å². The highest BCUT2D eigenvalue weighted by Gasteiger charge is 2.53. The summed E-state index contributed by atoms with van der Waals surface area (Å²) >= 11 is 6.27. The number of amides is 3. The SMILES string of the molecule is C[C@@H]1C=CC[C@H]2C(=O)N(N(CC(=O)c3ccc(Oc4ccc([N+](=O)[O-])cc4)cc3)C(=O)c3ccccc3Cl)C(=O)[C@H]12. The molecule has 0 aromatic heterocycles. The predicted octanol–water partition coefficient (Wildman–Crippen LogP) is 5.48. The van der Waals surface area contributed by atoms with Gasteiger partial charge in [0.05, 0.1) is 27.3 Å². The van der Waals surface area contributed by atoms with Crippen molar-refractivity contribution in [2.75, 3.05) is 6.54 Å². The van der Waals surface area contributed by atoms with Crippen LogP contribution in [-0.4, -0.2) is 45.0 Å². The van der Waals surface area contributed by atoms with Gasteiger partial charge in [0.25, 0.3) is 23.4 Å². The third-order valence-corrected chi connectivity index (χ3v) is 7.51. The van der Waals surface area contributed by atoms with Crippen LogP contribution < -0.4 is 4.74 Å². The van der Waals surface area contributed by atoms with E-state index in [1.165, 1.54) is 60.7 Å². The molecule has 1 aliphatic carbocycles. The van der Waals surface area contributed by atoms with E-state index >= 15 is 0 Å². The van der Waals surface area contributed by atoms with Gasteiger partial charge in [-0.05, 0) is 60.9 Å². The van der Waals surface area contributed by atoms with Crippen LogP contribution in [0.5, 0.6) is 11.5 Å². The minimum atomic E-state index is -0.747. The summed E-state index contributed by atoms with van der Waals surface area (Å²) in [5, 5.41) is 12.7. The Bertz CT molecular complexity index is 1570. The molecule has 41 heavy (non-hydrogen) atoms. The predicted molar refractivity (Wildman–Crippen MR) is 148 cm³/mol. The summed E-state index contributed by atoms with van der Waals surface area (Å²) in [5.74, 6) is -3.04. The van der Waals surface area contributed by atoms with Crippen LogP contribution in [0.3, 0.4) is 0 Å². The number of allylic oxidation sites excluding steroid dienone is 2. The summed E-state index contributed by atoms with van der Waals surface area (Å²) in [6, 6.07) is 17.8. The van der Waals surface area contributed by atoms with Crippen molar-refractivity contribution in [1.29, 1.82) is 0 Å². The number of ether oxygens (including phenoxy) is 1. The van der Waals surface area contributed by atoms with Crippen LogP contribution in [0, 0.1) is 27.9 Å². The van der Waals surface area contributed by atoms with Crippen molar-refractivity contribution in [1.82, 2.24) is 10.0 Å². The number of halogens is 1. The molecule has 3 aromatic carbocycles. The van der Waals surface area contributed by atoms with Gasteiger partial charge in [-0.15, -0.1) is 0 Å². The van der Waals surface area contributed by atoms with Crippen molar-refractivity contribution in [3.63, 3.8) is 0 Å². The monoisotopic (exact) mass is 573 g/mol. The number of nitro groups is 1. The van der Waals surface area contributed by atoms with Gasteiger partial charge in [-0.1, -0.05) is 42.8 Å². The number of benzene rings is 3. The van der Waals surface area contributed by atoms with E-state index in [-0.39, 0.29) is 27.8 Å². The zero-order valence-corrected chi connectivity index (χ0v) is 22.6. The lowest BCUT2D eigenvalue weighted by Crippen LogP contribution is -2.52. The van der Waals surface area contributed by atoms with Gasteiger partial charge in [0.15, 0.2) is 5.78 Å². The van der Waals surface area contributed by atoms with Gasteiger partial charge < -0.3 is 4.74 Å². The van der Waals surface area contributed by atoms with E-state index in [1.807, 2.05) is 19.1 Å². The third kappa shape index (κ3) is 5.46. The number of imide groups is 1. The standard InChI is InChI=1S/C30H24ClN3O7/c1-18-5-4-7-24-27(18)30(38)33(29(24)37)32(28(36)23-6-2-3-8-25(23)31)17-26(35)19-9-13-21(14-10-19)41-22-15-11-20(12-16-22)34(39)40/h2-6,8-16,18,24,27H,7,17H2,1H3/t18-,24-,27-/m1/s1. The summed E-state index contributed by atoms with van der Waals surface area (Å²) in [6.07, 6.45) is 4.10. The zero-order valence-electron chi connectivity index (χ0n) is 21.8. The second-order valence-electron chi connectivity index (χ2n) is 9.79. The molecule has 1 heterocycles. The Balaban J connectivity index is 1.39. The number of nitro benzene ring substituents is 1. The number of hydrogen-bond donors (Lipinski definition) is 0. The average Bonchev–Trinajstić information content (AvgIpc) is 3.22. The first-order valence-corrected chi connectivity index (χ1v) is 13.2. The molecule has 3 amide bonds. The number of carbonyl (C=O) groups is 4. The lowest BCUT2D eigenvalue weighted by atomic mass is 9.78. The molecule has 0 bridgehead atoms. The van der Waals surface area contributed by atoms with E-state index in [9.17, 15) is 29.3 Å². The van der Waals surface area contributed by atoms with Gasteiger partial charge in [-0.25, -0.2) is 5.01 Å². The van der Waals surface area contributed by atoms with E-state index in [4.69, 9.17) is 16.3 Å². The molecule has 0 radical (unpaired) electrons. The number of hydrogen-bond acceptors (Lipinski definition) is 7. The van der Waals surface area contributed by atoms with Gasteiger partial charge in [-0.2, -0.15) is 5.01 Å². The van der Waals surface area contributed by atoms with Crippen LogP contribution in [0.2, 0.25) is 5.02 Å². The van der Waals surface area contributed by atoms with Crippen LogP contribution in [0.1, 0.15) is 34.1 Å². The Morgan fingerprint density at radius 1 is 1.00 bits per heavy atom. The summed E-state index contributed by atoms with van der Waals surface area (Å²) in [7, 11) is 0. The van der Waals surface area contributed by atoms with Gasteiger partial charge in [0.2, 0.25) is 0 Å². The first-order valence-electron chi connectivity index (χ1n) is 12.8. The van der Waals surface area contributed by atoms with Crippen LogP contribution >= 0.6 is 11.6 Å². The summed E-state index contributed by atoms with van der Waals surface area (Å²) in [5.41, 5.74) is 0.189. The molecule has 1 saturated heterocycles. The van der Waals surface area contributed by atoms with Crippen LogP contribution in [-0.2, 0) is 9.59 Å². The van der Waals surface area contributed by atoms with Gasteiger partial charge in [0, 0.05) is 17.7 Å². The molecule has 0 unspecified atom stereocenters. The fourth-order valence-corrected chi connectivity index (χ4v) is 5.30. The minimum Gasteiger partial charge on any atom is -0.457 e. The zero-order chi connectivity index (χ0) is 29.3. The first kappa shape index (κ1) is 27.7. The first-order chi connectivity index (χ1) is 19.7.